The van der Waals surface area contributed by atoms with Crippen LogP contribution in [0.4, 0.5) is 16.3 Å². The molecule has 0 bridgehead atoms. The minimum atomic E-state index is -0.0454. The van der Waals surface area contributed by atoms with E-state index in [0.29, 0.717) is 24.9 Å². The Balaban J connectivity index is 1.46. The van der Waals surface area contributed by atoms with Crippen LogP contribution in [0.15, 0.2) is 48.5 Å². The second kappa shape index (κ2) is 11.1. The summed E-state index contributed by atoms with van der Waals surface area (Å²) in [6.07, 6.45) is 3.05. The first-order valence-corrected chi connectivity index (χ1v) is 14.2. The van der Waals surface area contributed by atoms with Crippen LogP contribution >= 0.6 is 0 Å². The van der Waals surface area contributed by atoms with E-state index in [1.54, 1.807) is 0 Å². The standard InChI is InChI=1S/C32H41N5O/c1-21(2)25-12-9-13-26(22(3)4)29(25)34-32(38)37-19-16-28-27(20-37)31(36-17-14-23(5)15-18-36)35-30(33-28)24-10-7-6-8-11-24/h6-13,21-23H,14-20H2,1-5H3,(H,34,38). The molecule has 0 spiro atoms. The van der Waals surface area contributed by atoms with Crippen LogP contribution in [0.25, 0.3) is 11.4 Å². The van der Waals surface area contributed by atoms with Crippen molar-refractivity contribution in [2.45, 2.75) is 72.3 Å². The number of rotatable bonds is 5. The predicted molar refractivity (Wildman–Crippen MR) is 156 cm³/mol. The van der Waals surface area contributed by atoms with E-state index in [4.69, 9.17) is 9.97 Å². The van der Waals surface area contributed by atoms with E-state index in [-0.39, 0.29) is 6.03 Å². The Morgan fingerprint density at radius 1 is 0.895 bits per heavy atom. The number of carbonyl (C=O) groups is 1. The molecule has 0 saturated carbocycles. The van der Waals surface area contributed by atoms with Gasteiger partial charge in [-0.15, -0.1) is 0 Å². The Morgan fingerprint density at radius 3 is 2.18 bits per heavy atom. The summed E-state index contributed by atoms with van der Waals surface area (Å²) < 4.78 is 0. The van der Waals surface area contributed by atoms with Gasteiger partial charge < -0.3 is 15.1 Å². The van der Waals surface area contributed by atoms with Crippen LogP contribution in [0.3, 0.4) is 0 Å². The largest absolute Gasteiger partial charge is 0.356 e. The summed E-state index contributed by atoms with van der Waals surface area (Å²) in [5, 5.41) is 3.32. The van der Waals surface area contributed by atoms with Crippen molar-refractivity contribution >= 4 is 17.5 Å². The fourth-order valence-corrected chi connectivity index (χ4v) is 5.65. The molecule has 6 heteroatoms. The maximum Gasteiger partial charge on any atom is 0.322 e. The van der Waals surface area contributed by atoms with E-state index in [1.165, 1.54) is 11.1 Å². The predicted octanol–water partition coefficient (Wildman–Crippen LogP) is 7.22. The molecular formula is C32H41N5O. The minimum absolute atomic E-state index is 0.0454. The lowest BCUT2D eigenvalue weighted by atomic mass is 9.92. The quantitative estimate of drug-likeness (QED) is 0.393. The van der Waals surface area contributed by atoms with Gasteiger partial charge in [0.15, 0.2) is 5.82 Å². The monoisotopic (exact) mass is 511 g/mol. The van der Waals surface area contributed by atoms with Gasteiger partial charge in [-0.25, -0.2) is 14.8 Å². The van der Waals surface area contributed by atoms with E-state index in [0.717, 1.165) is 72.4 Å². The lowest BCUT2D eigenvalue weighted by Crippen LogP contribution is -2.41. The number of carbonyl (C=O) groups excluding carboxylic acids is 1. The molecule has 1 fully saturated rings. The average Bonchev–Trinajstić information content (AvgIpc) is 2.93. The summed E-state index contributed by atoms with van der Waals surface area (Å²) in [5.41, 5.74) is 6.54. The third-order valence-corrected chi connectivity index (χ3v) is 8.05. The fraction of sp³-hybridized carbons (Fsp3) is 0.469. The zero-order valence-electron chi connectivity index (χ0n) is 23.5. The summed E-state index contributed by atoms with van der Waals surface area (Å²) in [6, 6.07) is 16.6. The smallest absolute Gasteiger partial charge is 0.322 e. The highest BCUT2D eigenvalue weighted by Gasteiger charge is 2.30. The van der Waals surface area contributed by atoms with Crippen molar-refractivity contribution in [2.75, 3.05) is 29.9 Å². The summed E-state index contributed by atoms with van der Waals surface area (Å²) in [4.78, 5) is 28.2. The average molecular weight is 512 g/mol. The third kappa shape index (κ3) is 5.40. The number of urea groups is 1. The molecule has 0 atom stereocenters. The number of nitrogens with one attached hydrogen (secondary N) is 1. The second-order valence-corrected chi connectivity index (χ2v) is 11.6. The van der Waals surface area contributed by atoms with Crippen LogP contribution in [0, 0.1) is 5.92 Å². The molecule has 3 heterocycles. The van der Waals surface area contributed by atoms with Gasteiger partial charge in [-0.3, -0.25) is 0 Å². The number of hydrogen-bond acceptors (Lipinski definition) is 4. The normalized spacial score (nSPS) is 16.2. The van der Waals surface area contributed by atoms with Gasteiger partial charge in [-0.2, -0.15) is 0 Å². The SMILES string of the molecule is CC1CCN(c2nc(-c3ccccc3)nc3c2CN(C(=O)Nc2c(C(C)C)cccc2C(C)C)CC3)CC1. The van der Waals surface area contributed by atoms with Crippen molar-refractivity contribution in [3.05, 3.63) is 70.9 Å². The molecule has 2 amide bonds. The lowest BCUT2D eigenvalue weighted by Gasteiger charge is -2.36. The molecule has 1 aromatic heterocycles. The molecule has 2 aromatic carbocycles. The second-order valence-electron chi connectivity index (χ2n) is 11.6. The number of nitrogens with zero attached hydrogens (tertiary/aromatic N) is 4. The number of benzene rings is 2. The van der Waals surface area contributed by atoms with Crippen molar-refractivity contribution in [3.63, 3.8) is 0 Å². The Hall–Kier alpha value is -3.41. The Morgan fingerprint density at radius 2 is 1.55 bits per heavy atom. The number of amides is 2. The molecular weight excluding hydrogens is 470 g/mol. The molecule has 1 saturated heterocycles. The maximum atomic E-state index is 13.7. The molecule has 0 unspecified atom stereocenters. The third-order valence-electron chi connectivity index (χ3n) is 8.05. The summed E-state index contributed by atoms with van der Waals surface area (Å²) >= 11 is 0. The maximum absolute atomic E-state index is 13.7. The molecule has 5 rings (SSSR count). The van der Waals surface area contributed by atoms with E-state index in [2.05, 4.69) is 75.2 Å². The number of fused-ring (bicyclic) bond motifs is 1. The zero-order valence-corrected chi connectivity index (χ0v) is 23.5. The molecule has 2 aliphatic heterocycles. The molecule has 0 radical (unpaired) electrons. The van der Waals surface area contributed by atoms with Gasteiger partial charge >= 0.3 is 6.03 Å². The molecule has 0 aliphatic carbocycles. The highest BCUT2D eigenvalue weighted by molar-refractivity contribution is 5.91. The number of hydrogen-bond donors (Lipinski definition) is 1. The van der Waals surface area contributed by atoms with Gasteiger partial charge in [0.2, 0.25) is 0 Å². The Kier molecular flexibility index (Phi) is 7.68. The van der Waals surface area contributed by atoms with Crippen molar-refractivity contribution in [1.29, 1.82) is 0 Å². The Bertz CT molecular complexity index is 1250. The van der Waals surface area contributed by atoms with Gasteiger partial charge in [0.05, 0.1) is 12.2 Å². The van der Waals surface area contributed by atoms with Gasteiger partial charge in [0, 0.05) is 42.9 Å². The molecule has 2 aliphatic rings. The van der Waals surface area contributed by atoms with Crippen molar-refractivity contribution < 1.29 is 4.79 Å². The lowest BCUT2D eigenvalue weighted by molar-refractivity contribution is 0.206. The van der Waals surface area contributed by atoms with E-state index in [9.17, 15) is 4.79 Å². The highest BCUT2D eigenvalue weighted by Crippen LogP contribution is 2.35. The summed E-state index contributed by atoms with van der Waals surface area (Å²) in [7, 11) is 0. The van der Waals surface area contributed by atoms with Crippen LogP contribution in [0.5, 0.6) is 0 Å². The summed E-state index contributed by atoms with van der Waals surface area (Å²) in [5.74, 6) is 3.16. The first-order valence-electron chi connectivity index (χ1n) is 14.2. The highest BCUT2D eigenvalue weighted by atomic mass is 16.2. The topological polar surface area (TPSA) is 61.4 Å². The number of anilines is 2. The van der Waals surface area contributed by atoms with Crippen LogP contribution < -0.4 is 10.2 Å². The first kappa shape index (κ1) is 26.2. The molecule has 38 heavy (non-hydrogen) atoms. The number of aromatic nitrogens is 2. The molecule has 200 valence electrons. The van der Waals surface area contributed by atoms with Crippen molar-refractivity contribution in [2.24, 2.45) is 5.92 Å². The minimum Gasteiger partial charge on any atom is -0.356 e. The molecule has 3 aromatic rings. The zero-order chi connectivity index (χ0) is 26.8. The van der Waals surface area contributed by atoms with Crippen molar-refractivity contribution in [1.82, 2.24) is 14.9 Å². The van der Waals surface area contributed by atoms with Gasteiger partial charge in [0.25, 0.3) is 0 Å². The van der Waals surface area contributed by atoms with Crippen LogP contribution in [-0.2, 0) is 13.0 Å². The molecule has 6 nitrogen and oxygen atoms in total. The van der Waals surface area contributed by atoms with E-state index < -0.39 is 0 Å². The number of piperidine rings is 1. The van der Waals surface area contributed by atoms with Crippen LogP contribution in [0.2, 0.25) is 0 Å². The summed E-state index contributed by atoms with van der Waals surface area (Å²) in [6.45, 7) is 14.2. The van der Waals surface area contributed by atoms with Gasteiger partial charge in [-0.05, 0) is 41.7 Å². The van der Waals surface area contributed by atoms with Crippen molar-refractivity contribution in [3.8, 4) is 11.4 Å². The molecule has 1 N–H and O–H groups in total. The van der Waals surface area contributed by atoms with Crippen LogP contribution in [-0.4, -0.2) is 40.5 Å². The van der Waals surface area contributed by atoms with E-state index >= 15 is 0 Å². The van der Waals surface area contributed by atoms with E-state index in [1.807, 2.05) is 23.1 Å². The van der Waals surface area contributed by atoms with Gasteiger partial charge in [-0.1, -0.05) is 83.1 Å². The van der Waals surface area contributed by atoms with Crippen LogP contribution in [0.1, 0.15) is 81.7 Å². The first-order chi connectivity index (χ1) is 18.3. The number of para-hydroxylation sites is 1. The Labute approximate surface area is 227 Å². The van der Waals surface area contributed by atoms with Gasteiger partial charge in [0.1, 0.15) is 5.82 Å². The fourth-order valence-electron chi connectivity index (χ4n) is 5.65.